The minimum Gasteiger partial charge on any atom is -0.458 e. The molecule has 162 valence electrons. The molecule has 4 rings (SSSR count). The summed E-state index contributed by atoms with van der Waals surface area (Å²) in [6.07, 6.45) is 11.6. The van der Waals surface area contributed by atoms with E-state index < -0.39 is 17.0 Å². The Balaban J connectivity index is 1.73. The third kappa shape index (κ3) is 2.74. The first-order valence-corrected chi connectivity index (χ1v) is 11.1. The van der Waals surface area contributed by atoms with Gasteiger partial charge < -0.3 is 9.84 Å². The van der Waals surface area contributed by atoms with Crippen LogP contribution >= 0.6 is 0 Å². The lowest BCUT2D eigenvalue weighted by molar-refractivity contribution is -0.168. The van der Waals surface area contributed by atoms with Gasteiger partial charge in [0.1, 0.15) is 5.60 Å². The Morgan fingerprint density at radius 3 is 2.70 bits per heavy atom. The average Bonchev–Trinajstić information content (AvgIpc) is 2.94. The van der Waals surface area contributed by atoms with Crippen molar-refractivity contribution in [3.8, 4) is 0 Å². The summed E-state index contributed by atoms with van der Waals surface area (Å²) in [4.78, 5) is 36.4. The molecule has 1 N–H and O–H groups in total. The third-order valence-electron chi connectivity index (χ3n) is 8.66. The van der Waals surface area contributed by atoms with Crippen LogP contribution in [0.4, 0.5) is 0 Å². The molecule has 0 heterocycles. The van der Waals surface area contributed by atoms with Gasteiger partial charge >= 0.3 is 5.97 Å². The maximum atomic E-state index is 13.2. The van der Waals surface area contributed by atoms with E-state index in [9.17, 15) is 19.5 Å². The standard InChI is InChI=1S/C25H32O5/c1-5-16-13-21-19-7-6-17-12-18(27)8-10-23(17,3)20(19)9-11-24(21,4)25(16,29)22(28)14-30-15(2)26/h8-10,12,16,19,21,29H,5-7,11,13-14H2,1-4H3/t16-,19?,21?,23+,24+,25+/m1/s1. The highest BCUT2D eigenvalue weighted by atomic mass is 16.5. The van der Waals surface area contributed by atoms with Crippen LogP contribution in [0, 0.1) is 28.6 Å². The van der Waals surface area contributed by atoms with Gasteiger partial charge in [-0.1, -0.05) is 43.6 Å². The number of fused-ring (bicyclic) bond motifs is 5. The fourth-order valence-electron chi connectivity index (χ4n) is 6.98. The van der Waals surface area contributed by atoms with E-state index in [1.807, 2.05) is 19.9 Å². The van der Waals surface area contributed by atoms with E-state index in [0.29, 0.717) is 12.8 Å². The monoisotopic (exact) mass is 412 g/mol. The number of esters is 1. The van der Waals surface area contributed by atoms with Gasteiger partial charge in [0.25, 0.3) is 0 Å². The Bertz CT molecular complexity index is 895. The van der Waals surface area contributed by atoms with E-state index >= 15 is 0 Å². The molecule has 0 aliphatic heterocycles. The summed E-state index contributed by atoms with van der Waals surface area (Å²) in [5.41, 5.74) is 0.164. The van der Waals surface area contributed by atoms with Gasteiger partial charge in [-0.15, -0.1) is 0 Å². The smallest absolute Gasteiger partial charge is 0.303 e. The predicted octanol–water partition coefficient (Wildman–Crippen LogP) is 3.71. The van der Waals surface area contributed by atoms with Gasteiger partial charge in [-0.3, -0.25) is 14.4 Å². The van der Waals surface area contributed by atoms with Gasteiger partial charge in [0.15, 0.2) is 12.4 Å². The highest BCUT2D eigenvalue weighted by Crippen LogP contribution is 2.66. The van der Waals surface area contributed by atoms with Crippen LogP contribution < -0.4 is 0 Å². The zero-order chi connectivity index (χ0) is 21.9. The van der Waals surface area contributed by atoms with Crippen LogP contribution in [0.5, 0.6) is 0 Å². The predicted molar refractivity (Wildman–Crippen MR) is 112 cm³/mol. The van der Waals surface area contributed by atoms with Crippen molar-refractivity contribution in [1.82, 2.24) is 0 Å². The normalized spacial score (nSPS) is 41.9. The number of aliphatic hydroxyl groups is 1. The molecular formula is C25H32O5. The Morgan fingerprint density at radius 1 is 1.30 bits per heavy atom. The molecule has 5 nitrogen and oxygen atoms in total. The fourth-order valence-corrected chi connectivity index (χ4v) is 6.98. The van der Waals surface area contributed by atoms with Crippen molar-refractivity contribution in [2.75, 3.05) is 6.61 Å². The molecule has 0 amide bonds. The van der Waals surface area contributed by atoms with Crippen molar-refractivity contribution in [1.29, 1.82) is 0 Å². The van der Waals surface area contributed by atoms with Crippen LogP contribution in [0.2, 0.25) is 0 Å². The highest BCUT2D eigenvalue weighted by molar-refractivity contribution is 6.01. The minimum absolute atomic E-state index is 0.0551. The zero-order valence-electron chi connectivity index (χ0n) is 18.4. The van der Waals surface area contributed by atoms with Crippen LogP contribution in [0.25, 0.3) is 0 Å². The first kappa shape index (κ1) is 21.2. The molecule has 0 aromatic heterocycles. The van der Waals surface area contributed by atoms with E-state index in [4.69, 9.17) is 4.74 Å². The Morgan fingerprint density at radius 2 is 2.03 bits per heavy atom. The molecule has 2 unspecified atom stereocenters. The summed E-state index contributed by atoms with van der Waals surface area (Å²) < 4.78 is 4.99. The SMILES string of the molecule is CC[C@@H]1CC2C3CCC4=CC(=O)C=C[C@]4(C)C3=CC[C@]2(C)[C@@]1(O)C(=O)COC(C)=O. The van der Waals surface area contributed by atoms with Crippen molar-refractivity contribution in [3.05, 3.63) is 35.5 Å². The lowest BCUT2D eigenvalue weighted by atomic mass is 9.51. The van der Waals surface area contributed by atoms with Crippen LogP contribution in [-0.2, 0) is 19.1 Å². The molecule has 2 saturated carbocycles. The second-order valence-electron chi connectivity index (χ2n) is 9.95. The summed E-state index contributed by atoms with van der Waals surface area (Å²) in [7, 11) is 0. The van der Waals surface area contributed by atoms with Crippen molar-refractivity contribution < 1.29 is 24.2 Å². The molecule has 6 atom stereocenters. The number of ether oxygens (including phenoxy) is 1. The van der Waals surface area contributed by atoms with E-state index in [-0.39, 0.29) is 41.3 Å². The number of allylic oxidation sites excluding steroid dienone is 6. The molecule has 30 heavy (non-hydrogen) atoms. The van der Waals surface area contributed by atoms with Crippen molar-refractivity contribution >= 4 is 17.5 Å². The fraction of sp³-hybridized carbons (Fsp3) is 0.640. The van der Waals surface area contributed by atoms with Crippen LogP contribution in [-0.4, -0.2) is 34.9 Å². The third-order valence-corrected chi connectivity index (χ3v) is 8.66. The Hall–Kier alpha value is -2.01. The van der Waals surface area contributed by atoms with Crippen LogP contribution in [0.1, 0.15) is 59.8 Å². The maximum Gasteiger partial charge on any atom is 0.303 e. The van der Waals surface area contributed by atoms with Crippen LogP contribution in [0.15, 0.2) is 35.5 Å². The zero-order valence-corrected chi connectivity index (χ0v) is 18.4. The molecule has 0 spiro atoms. The molecular weight excluding hydrogens is 380 g/mol. The molecule has 4 aliphatic rings. The Kier molecular flexibility index (Phi) is 4.96. The van der Waals surface area contributed by atoms with Gasteiger partial charge in [0, 0.05) is 17.8 Å². The first-order chi connectivity index (χ1) is 14.1. The quantitative estimate of drug-likeness (QED) is 0.562. The van der Waals surface area contributed by atoms with Gasteiger partial charge in [-0.25, -0.2) is 0 Å². The first-order valence-electron chi connectivity index (χ1n) is 11.1. The molecule has 0 saturated heterocycles. The molecule has 0 radical (unpaired) electrons. The Labute approximate surface area is 178 Å². The molecule has 0 aromatic rings. The summed E-state index contributed by atoms with van der Waals surface area (Å²) in [6, 6.07) is 0. The summed E-state index contributed by atoms with van der Waals surface area (Å²) >= 11 is 0. The van der Waals surface area contributed by atoms with E-state index in [1.54, 1.807) is 12.2 Å². The summed E-state index contributed by atoms with van der Waals surface area (Å²) in [5, 5.41) is 11.9. The van der Waals surface area contributed by atoms with E-state index in [0.717, 1.165) is 19.3 Å². The highest BCUT2D eigenvalue weighted by Gasteiger charge is 2.67. The van der Waals surface area contributed by atoms with Gasteiger partial charge in [-0.05, 0) is 62.5 Å². The van der Waals surface area contributed by atoms with Crippen molar-refractivity contribution in [3.63, 3.8) is 0 Å². The number of rotatable bonds is 4. The van der Waals surface area contributed by atoms with Gasteiger partial charge in [-0.2, -0.15) is 0 Å². The van der Waals surface area contributed by atoms with Crippen molar-refractivity contribution in [2.24, 2.45) is 28.6 Å². The maximum absolute atomic E-state index is 13.2. The number of Topliss-reactive ketones (excluding diaryl/α,β-unsaturated/α-hetero) is 1. The second-order valence-corrected chi connectivity index (χ2v) is 9.95. The molecule has 0 aromatic carbocycles. The lowest BCUT2D eigenvalue weighted by Crippen LogP contribution is -2.58. The topological polar surface area (TPSA) is 80.7 Å². The average molecular weight is 413 g/mol. The molecule has 5 heteroatoms. The largest absolute Gasteiger partial charge is 0.458 e. The van der Waals surface area contributed by atoms with E-state index in [1.165, 1.54) is 18.1 Å². The molecule has 4 aliphatic carbocycles. The summed E-state index contributed by atoms with van der Waals surface area (Å²) in [5.74, 6) is -0.539. The summed E-state index contributed by atoms with van der Waals surface area (Å²) in [6.45, 7) is 7.15. The van der Waals surface area contributed by atoms with Crippen molar-refractivity contribution in [2.45, 2.75) is 65.4 Å². The number of ketones is 2. The minimum atomic E-state index is -1.50. The number of carbonyl (C=O) groups is 3. The van der Waals surface area contributed by atoms with E-state index in [2.05, 4.69) is 13.0 Å². The molecule has 0 bridgehead atoms. The number of hydrogen-bond donors (Lipinski definition) is 1. The van der Waals surface area contributed by atoms with Gasteiger partial charge in [0.2, 0.25) is 5.78 Å². The van der Waals surface area contributed by atoms with Crippen LogP contribution in [0.3, 0.4) is 0 Å². The number of carbonyl (C=O) groups excluding carboxylic acids is 3. The second kappa shape index (κ2) is 7.01. The number of hydrogen-bond acceptors (Lipinski definition) is 5. The lowest BCUT2D eigenvalue weighted by Gasteiger charge is -2.53. The molecule has 2 fully saturated rings. The van der Waals surface area contributed by atoms with Gasteiger partial charge in [0.05, 0.1) is 0 Å².